The second-order valence-corrected chi connectivity index (χ2v) is 6.63. The Morgan fingerprint density at radius 1 is 1.13 bits per heavy atom. The van der Waals surface area contributed by atoms with Crippen LogP contribution >= 0.6 is 11.6 Å². The summed E-state index contributed by atoms with van der Waals surface area (Å²) >= 11 is 6.06. The Morgan fingerprint density at radius 2 is 1.74 bits per heavy atom. The highest BCUT2D eigenvalue weighted by Gasteiger charge is 2.25. The number of hydrogen-bond acceptors (Lipinski definition) is 2. The Labute approximate surface area is 142 Å². The second-order valence-electron chi connectivity index (χ2n) is 6.23. The van der Waals surface area contributed by atoms with Crippen molar-refractivity contribution < 1.29 is 9.53 Å². The van der Waals surface area contributed by atoms with E-state index in [1.165, 1.54) is 5.56 Å². The van der Waals surface area contributed by atoms with E-state index in [1.807, 2.05) is 44.2 Å². The first-order valence-electron chi connectivity index (χ1n) is 7.64. The van der Waals surface area contributed by atoms with Crippen molar-refractivity contribution in [2.75, 3.05) is 0 Å². The largest absolute Gasteiger partial charge is 0.479 e. The Morgan fingerprint density at radius 3 is 2.39 bits per heavy atom. The molecule has 0 aromatic heterocycles. The van der Waals surface area contributed by atoms with Crippen LogP contribution in [0.25, 0.3) is 0 Å². The van der Waals surface area contributed by atoms with Crippen LogP contribution in [0.15, 0.2) is 54.6 Å². The topological polar surface area (TPSA) is 38.3 Å². The number of rotatable bonds is 6. The molecule has 4 heteroatoms. The van der Waals surface area contributed by atoms with Crippen LogP contribution < -0.4 is 10.1 Å². The van der Waals surface area contributed by atoms with Crippen LogP contribution in [0.1, 0.15) is 26.3 Å². The van der Waals surface area contributed by atoms with Crippen LogP contribution in [0, 0.1) is 0 Å². The zero-order chi connectivity index (χ0) is 16.9. The van der Waals surface area contributed by atoms with Crippen LogP contribution in [-0.2, 0) is 11.2 Å². The highest BCUT2D eigenvalue weighted by Crippen LogP contribution is 2.24. The minimum atomic E-state index is -0.620. The Bertz CT molecular complexity index is 655. The van der Waals surface area contributed by atoms with Gasteiger partial charge in [-0.05, 0) is 44.9 Å². The van der Waals surface area contributed by atoms with Gasteiger partial charge in [-0.15, -0.1) is 0 Å². The van der Waals surface area contributed by atoms with Gasteiger partial charge in [0.25, 0.3) is 5.91 Å². The maximum atomic E-state index is 12.4. The van der Waals surface area contributed by atoms with E-state index in [0.717, 1.165) is 6.42 Å². The summed E-state index contributed by atoms with van der Waals surface area (Å²) in [4.78, 5) is 12.4. The smallest absolute Gasteiger partial charge is 0.261 e. The summed E-state index contributed by atoms with van der Waals surface area (Å²) in [5.41, 5.74) is 0.814. The number of carbonyl (C=O) groups excluding carboxylic acids is 1. The molecular weight excluding hydrogens is 310 g/mol. The first-order chi connectivity index (χ1) is 10.9. The van der Waals surface area contributed by atoms with Crippen molar-refractivity contribution in [3.63, 3.8) is 0 Å². The maximum Gasteiger partial charge on any atom is 0.261 e. The summed E-state index contributed by atoms with van der Waals surface area (Å²) in [6.07, 6.45) is 0.128. The molecule has 2 rings (SSSR count). The fourth-order valence-corrected chi connectivity index (χ4v) is 2.55. The van der Waals surface area contributed by atoms with Crippen molar-refractivity contribution in [1.82, 2.24) is 5.32 Å². The normalized spacial score (nSPS) is 12.5. The fraction of sp³-hybridized carbons (Fsp3) is 0.316. The van der Waals surface area contributed by atoms with Crippen molar-refractivity contribution >= 4 is 17.5 Å². The number of nitrogens with one attached hydrogen (secondary N) is 1. The molecule has 0 bridgehead atoms. The maximum absolute atomic E-state index is 12.4. The van der Waals surface area contributed by atoms with Crippen molar-refractivity contribution in [3.8, 4) is 5.75 Å². The lowest BCUT2D eigenvalue weighted by Gasteiger charge is -2.28. The first-order valence-corrected chi connectivity index (χ1v) is 8.02. The van der Waals surface area contributed by atoms with Gasteiger partial charge in [-0.25, -0.2) is 0 Å². The average molecular weight is 332 g/mol. The van der Waals surface area contributed by atoms with E-state index < -0.39 is 6.10 Å². The third kappa shape index (κ3) is 5.29. The van der Waals surface area contributed by atoms with Gasteiger partial charge in [0, 0.05) is 5.54 Å². The summed E-state index contributed by atoms with van der Waals surface area (Å²) < 4.78 is 5.66. The van der Waals surface area contributed by atoms with Crippen LogP contribution in [0.4, 0.5) is 0 Å². The van der Waals surface area contributed by atoms with Gasteiger partial charge in [-0.3, -0.25) is 4.79 Å². The Kier molecular flexibility index (Phi) is 5.67. The quantitative estimate of drug-likeness (QED) is 0.859. The molecule has 2 aromatic carbocycles. The van der Waals surface area contributed by atoms with Crippen LogP contribution in [-0.4, -0.2) is 17.6 Å². The van der Waals surface area contributed by atoms with Gasteiger partial charge in [-0.2, -0.15) is 0 Å². The monoisotopic (exact) mass is 331 g/mol. The summed E-state index contributed by atoms with van der Waals surface area (Å²) in [6, 6.07) is 17.2. The van der Waals surface area contributed by atoms with E-state index in [9.17, 15) is 4.79 Å². The number of carbonyl (C=O) groups is 1. The molecule has 0 spiro atoms. The summed E-state index contributed by atoms with van der Waals surface area (Å²) in [7, 11) is 0. The lowest BCUT2D eigenvalue weighted by molar-refractivity contribution is -0.128. The summed E-state index contributed by atoms with van der Waals surface area (Å²) in [6.45, 7) is 5.72. The van der Waals surface area contributed by atoms with E-state index in [2.05, 4.69) is 17.4 Å². The van der Waals surface area contributed by atoms with Gasteiger partial charge >= 0.3 is 0 Å². The minimum Gasteiger partial charge on any atom is -0.479 e. The van der Waals surface area contributed by atoms with Crippen LogP contribution in [0.5, 0.6) is 5.75 Å². The highest BCUT2D eigenvalue weighted by molar-refractivity contribution is 6.32. The lowest BCUT2D eigenvalue weighted by atomic mass is 9.94. The van der Waals surface area contributed by atoms with Gasteiger partial charge in [-0.1, -0.05) is 54.1 Å². The molecule has 2 aromatic rings. The molecule has 0 aliphatic carbocycles. The van der Waals surface area contributed by atoms with E-state index in [1.54, 1.807) is 19.1 Å². The molecule has 1 atom stereocenters. The summed E-state index contributed by atoms with van der Waals surface area (Å²) in [5.74, 6) is 0.350. The number of hydrogen-bond donors (Lipinski definition) is 1. The molecular formula is C19H22ClNO2. The van der Waals surface area contributed by atoms with Gasteiger partial charge in [0.2, 0.25) is 0 Å². The Hall–Kier alpha value is -2.00. The standard InChI is InChI=1S/C19H22ClNO2/c1-14(23-17-12-8-7-11-16(17)20)18(22)21-19(2,3)13-15-9-5-4-6-10-15/h4-12,14H,13H2,1-3H3,(H,21,22). The highest BCUT2D eigenvalue weighted by atomic mass is 35.5. The fourth-order valence-electron chi connectivity index (χ4n) is 2.37. The number of ether oxygens (including phenoxy) is 1. The third-order valence-electron chi connectivity index (χ3n) is 3.46. The lowest BCUT2D eigenvalue weighted by Crippen LogP contribution is -2.49. The molecule has 23 heavy (non-hydrogen) atoms. The van der Waals surface area contributed by atoms with Gasteiger partial charge in [0.1, 0.15) is 5.75 Å². The molecule has 0 heterocycles. The molecule has 0 saturated heterocycles. The molecule has 1 amide bonds. The minimum absolute atomic E-state index is 0.161. The molecule has 1 unspecified atom stereocenters. The molecule has 0 aliphatic heterocycles. The van der Waals surface area contributed by atoms with Gasteiger partial charge in [0.15, 0.2) is 6.10 Å². The SMILES string of the molecule is CC(Oc1ccccc1Cl)C(=O)NC(C)(C)Cc1ccccc1. The zero-order valence-electron chi connectivity index (χ0n) is 13.7. The van der Waals surface area contributed by atoms with Crippen LogP contribution in [0.2, 0.25) is 5.02 Å². The van der Waals surface area contributed by atoms with E-state index in [0.29, 0.717) is 10.8 Å². The van der Waals surface area contributed by atoms with Crippen molar-refractivity contribution in [3.05, 3.63) is 65.2 Å². The summed E-state index contributed by atoms with van der Waals surface area (Å²) in [5, 5.41) is 3.53. The number of benzene rings is 2. The predicted octanol–water partition coefficient (Wildman–Crippen LogP) is 4.24. The number of halogens is 1. The van der Waals surface area contributed by atoms with Crippen molar-refractivity contribution in [2.24, 2.45) is 0 Å². The Balaban J connectivity index is 1.96. The second kappa shape index (κ2) is 7.51. The molecule has 0 fully saturated rings. The third-order valence-corrected chi connectivity index (χ3v) is 3.77. The first kappa shape index (κ1) is 17.4. The average Bonchev–Trinajstić information content (AvgIpc) is 2.49. The van der Waals surface area contributed by atoms with E-state index >= 15 is 0 Å². The molecule has 0 saturated carbocycles. The van der Waals surface area contributed by atoms with Gasteiger partial charge in [0.05, 0.1) is 5.02 Å². The molecule has 3 nitrogen and oxygen atoms in total. The van der Waals surface area contributed by atoms with Crippen LogP contribution in [0.3, 0.4) is 0 Å². The van der Waals surface area contributed by atoms with Gasteiger partial charge < -0.3 is 10.1 Å². The van der Waals surface area contributed by atoms with Crippen molar-refractivity contribution in [2.45, 2.75) is 38.8 Å². The van der Waals surface area contributed by atoms with Crippen molar-refractivity contribution in [1.29, 1.82) is 0 Å². The zero-order valence-corrected chi connectivity index (χ0v) is 14.4. The molecule has 0 aliphatic rings. The number of para-hydroxylation sites is 1. The predicted molar refractivity (Wildman–Crippen MR) is 93.9 cm³/mol. The molecule has 122 valence electrons. The number of amides is 1. The molecule has 1 N–H and O–H groups in total. The van der Waals surface area contributed by atoms with E-state index in [-0.39, 0.29) is 11.4 Å². The molecule has 0 radical (unpaired) electrons. The van der Waals surface area contributed by atoms with E-state index in [4.69, 9.17) is 16.3 Å².